The number of benzene rings is 2. The molecule has 0 unspecified atom stereocenters. The molecule has 1 aliphatic rings. The molecular weight excluding hydrogens is 372 g/mol. The van der Waals surface area contributed by atoms with Crippen LogP contribution in [0.3, 0.4) is 0 Å². The summed E-state index contributed by atoms with van der Waals surface area (Å²) in [6.07, 6.45) is 6.69. The topological polar surface area (TPSA) is 26.3 Å². The lowest BCUT2D eigenvalue weighted by molar-refractivity contribution is -0.116. The molecule has 2 nitrogen and oxygen atoms in total. The fraction of sp³-hybridized carbons (Fsp3) is 0.500. The molecule has 1 fully saturated rings. The number of hydrogen-bond donors (Lipinski definition) is 0. The highest BCUT2D eigenvalue weighted by Gasteiger charge is 2.50. The summed E-state index contributed by atoms with van der Waals surface area (Å²) in [4.78, 5) is 11.7. The number of carbonyl (C=O) groups is 1. The van der Waals surface area contributed by atoms with Crippen LogP contribution in [0.2, 0.25) is 5.04 Å². The van der Waals surface area contributed by atoms with E-state index in [1.54, 1.807) is 0 Å². The molecule has 0 bridgehead atoms. The molecule has 1 saturated carbocycles. The minimum atomic E-state index is -2.49. The summed E-state index contributed by atoms with van der Waals surface area (Å²) < 4.78 is 7.05. The van der Waals surface area contributed by atoms with Gasteiger partial charge in [-0.1, -0.05) is 101 Å². The van der Waals surface area contributed by atoms with E-state index in [1.807, 2.05) is 0 Å². The summed E-state index contributed by atoms with van der Waals surface area (Å²) >= 11 is 0. The van der Waals surface area contributed by atoms with Crippen molar-refractivity contribution in [3.63, 3.8) is 0 Å². The Bertz CT molecular complexity index is 742. The van der Waals surface area contributed by atoms with Crippen molar-refractivity contribution in [1.29, 1.82) is 0 Å². The first-order chi connectivity index (χ1) is 13.8. The van der Waals surface area contributed by atoms with Crippen molar-refractivity contribution in [3.05, 3.63) is 60.7 Å². The van der Waals surface area contributed by atoms with Crippen LogP contribution in [-0.4, -0.2) is 21.2 Å². The Hall–Kier alpha value is -1.71. The minimum absolute atomic E-state index is 0.00671. The maximum absolute atomic E-state index is 11.7. The molecule has 2 aromatic rings. The molecule has 3 heteroatoms. The summed E-state index contributed by atoms with van der Waals surface area (Å²) in [7, 11) is -2.49. The first kappa shape index (κ1) is 22.0. The molecule has 0 radical (unpaired) electrons. The number of rotatable bonds is 7. The molecule has 0 spiro atoms. The van der Waals surface area contributed by atoms with Crippen molar-refractivity contribution < 1.29 is 9.22 Å². The lowest BCUT2D eigenvalue weighted by atomic mass is 9.66. The highest BCUT2D eigenvalue weighted by atomic mass is 28.4. The summed E-state index contributed by atoms with van der Waals surface area (Å²) in [5.74, 6) is 0.166. The largest absolute Gasteiger partial charge is 0.407 e. The van der Waals surface area contributed by atoms with E-state index in [1.165, 1.54) is 29.5 Å². The number of carbonyl (C=O) groups excluding carboxylic acids is 1. The second kappa shape index (κ2) is 8.97. The van der Waals surface area contributed by atoms with Gasteiger partial charge in [-0.15, -0.1) is 0 Å². The zero-order chi connectivity index (χ0) is 21.0. The van der Waals surface area contributed by atoms with E-state index in [-0.39, 0.29) is 16.4 Å². The number of hydrogen-bond acceptors (Lipinski definition) is 2. The molecule has 2 aromatic carbocycles. The second-order valence-electron chi connectivity index (χ2n) is 9.90. The Morgan fingerprint density at radius 3 is 2.03 bits per heavy atom. The van der Waals surface area contributed by atoms with Gasteiger partial charge in [-0.25, -0.2) is 0 Å². The molecule has 0 saturated heterocycles. The SMILES string of the molecule is CC(C)(C)[Si](OCC[C@]1(C)CCCC[C@H]1C=O)(c1ccccc1)c1ccccc1. The molecule has 0 N–H and O–H groups in total. The van der Waals surface area contributed by atoms with Crippen molar-refractivity contribution in [3.8, 4) is 0 Å². The Labute approximate surface area is 177 Å². The Balaban J connectivity index is 1.95. The quantitative estimate of drug-likeness (QED) is 0.456. The Morgan fingerprint density at radius 2 is 1.55 bits per heavy atom. The van der Waals surface area contributed by atoms with Crippen LogP contribution in [0, 0.1) is 11.3 Å². The third-order valence-electron chi connectivity index (χ3n) is 6.98. The van der Waals surface area contributed by atoms with E-state index >= 15 is 0 Å². The van der Waals surface area contributed by atoms with Crippen molar-refractivity contribution >= 4 is 25.0 Å². The monoisotopic (exact) mass is 408 g/mol. The van der Waals surface area contributed by atoms with E-state index in [0.717, 1.165) is 19.3 Å². The molecule has 29 heavy (non-hydrogen) atoms. The van der Waals surface area contributed by atoms with Gasteiger partial charge in [-0.3, -0.25) is 0 Å². The van der Waals surface area contributed by atoms with E-state index < -0.39 is 8.32 Å². The third-order valence-corrected chi connectivity index (χ3v) is 12.0. The van der Waals surface area contributed by atoms with Crippen molar-refractivity contribution in [2.75, 3.05) is 6.61 Å². The van der Waals surface area contributed by atoms with Crippen LogP contribution in [0.1, 0.15) is 59.8 Å². The van der Waals surface area contributed by atoms with Crippen LogP contribution < -0.4 is 10.4 Å². The summed E-state index contributed by atoms with van der Waals surface area (Å²) in [5.41, 5.74) is 0.0609. The summed E-state index contributed by atoms with van der Waals surface area (Å²) in [5, 5.41) is 2.63. The molecule has 0 aliphatic heterocycles. The average Bonchev–Trinajstić information content (AvgIpc) is 2.72. The zero-order valence-electron chi connectivity index (χ0n) is 18.5. The standard InChI is InChI=1S/C26H36O2Si/c1-25(2,3)29(23-14-7-5-8-15-23,24-16-9-6-10-17-24)28-20-19-26(4)18-12-11-13-22(26)21-27/h5-10,14-17,21-22H,11-13,18-20H2,1-4H3/t22-,26-/m0/s1. The summed E-state index contributed by atoms with van der Waals surface area (Å²) in [6, 6.07) is 21.6. The Morgan fingerprint density at radius 1 is 1.00 bits per heavy atom. The third kappa shape index (κ3) is 4.41. The lowest BCUT2D eigenvalue weighted by Crippen LogP contribution is -2.66. The minimum Gasteiger partial charge on any atom is -0.407 e. The van der Waals surface area contributed by atoms with Gasteiger partial charge in [0, 0.05) is 12.5 Å². The van der Waals surface area contributed by atoms with E-state index in [9.17, 15) is 4.79 Å². The van der Waals surface area contributed by atoms with Crippen molar-refractivity contribution in [2.24, 2.45) is 11.3 Å². The van der Waals surface area contributed by atoms with Crippen LogP contribution in [-0.2, 0) is 9.22 Å². The van der Waals surface area contributed by atoms with E-state index in [2.05, 4.69) is 88.4 Å². The molecule has 156 valence electrons. The van der Waals surface area contributed by atoms with Crippen molar-refractivity contribution in [2.45, 2.75) is 64.8 Å². The van der Waals surface area contributed by atoms with Gasteiger partial charge in [0.25, 0.3) is 8.32 Å². The van der Waals surface area contributed by atoms with Gasteiger partial charge in [-0.05, 0) is 40.1 Å². The first-order valence-corrected chi connectivity index (χ1v) is 12.9. The van der Waals surface area contributed by atoms with Gasteiger partial charge in [0.15, 0.2) is 0 Å². The van der Waals surface area contributed by atoms with Gasteiger partial charge in [-0.2, -0.15) is 0 Å². The number of aldehydes is 1. The van der Waals surface area contributed by atoms with Gasteiger partial charge in [0.1, 0.15) is 6.29 Å². The van der Waals surface area contributed by atoms with Gasteiger partial charge in [0.05, 0.1) is 0 Å². The zero-order valence-corrected chi connectivity index (χ0v) is 19.5. The maximum Gasteiger partial charge on any atom is 0.261 e. The molecule has 0 aromatic heterocycles. The highest BCUT2D eigenvalue weighted by molar-refractivity contribution is 6.99. The first-order valence-electron chi connectivity index (χ1n) is 11.0. The van der Waals surface area contributed by atoms with Crippen molar-refractivity contribution in [1.82, 2.24) is 0 Å². The van der Waals surface area contributed by atoms with Crippen LogP contribution in [0.15, 0.2) is 60.7 Å². The van der Waals surface area contributed by atoms with Gasteiger partial charge < -0.3 is 9.22 Å². The van der Waals surface area contributed by atoms with Crippen LogP contribution in [0.5, 0.6) is 0 Å². The highest BCUT2D eigenvalue weighted by Crippen LogP contribution is 2.43. The normalized spacial score (nSPS) is 23.0. The fourth-order valence-electron chi connectivity index (χ4n) is 5.17. The fourth-order valence-corrected chi connectivity index (χ4v) is 9.73. The second-order valence-corrected chi connectivity index (χ2v) is 14.2. The molecule has 2 atom stereocenters. The average molecular weight is 409 g/mol. The van der Waals surface area contributed by atoms with E-state index in [4.69, 9.17) is 4.43 Å². The maximum atomic E-state index is 11.7. The lowest BCUT2D eigenvalue weighted by Gasteiger charge is -2.45. The molecule has 1 aliphatic carbocycles. The molecule has 0 amide bonds. The van der Waals surface area contributed by atoms with Crippen LogP contribution in [0.4, 0.5) is 0 Å². The smallest absolute Gasteiger partial charge is 0.261 e. The molecule has 0 heterocycles. The molecular formula is C26H36O2Si. The predicted molar refractivity (Wildman–Crippen MR) is 124 cm³/mol. The Kier molecular flexibility index (Phi) is 6.80. The predicted octanol–water partition coefficient (Wildman–Crippen LogP) is 5.35. The van der Waals surface area contributed by atoms with Crippen LogP contribution in [0.25, 0.3) is 0 Å². The summed E-state index contributed by atoms with van der Waals surface area (Å²) in [6.45, 7) is 9.94. The van der Waals surface area contributed by atoms with E-state index in [0.29, 0.717) is 6.61 Å². The van der Waals surface area contributed by atoms with Gasteiger partial charge in [0.2, 0.25) is 0 Å². The molecule has 3 rings (SSSR count). The van der Waals surface area contributed by atoms with Crippen LogP contribution >= 0.6 is 0 Å². The van der Waals surface area contributed by atoms with Gasteiger partial charge >= 0.3 is 0 Å².